The molecule has 0 aliphatic heterocycles. The number of aromatic nitrogens is 2. The molecule has 0 saturated heterocycles. The fraction of sp³-hybridized carbons (Fsp3) is 0.172. The summed E-state index contributed by atoms with van der Waals surface area (Å²) in [6.45, 7) is 3.81. The van der Waals surface area contributed by atoms with Crippen molar-refractivity contribution in [2.75, 3.05) is 19.5 Å². The van der Waals surface area contributed by atoms with E-state index in [-0.39, 0.29) is 17.0 Å². The highest BCUT2D eigenvalue weighted by atomic mass is 16.5. The third-order valence-electron chi connectivity index (χ3n) is 6.41. The molecule has 38 heavy (non-hydrogen) atoms. The molecule has 9 heteroatoms. The number of H-pyrrole nitrogens is 1. The van der Waals surface area contributed by atoms with Crippen molar-refractivity contribution in [3.8, 4) is 28.6 Å². The second-order valence-electron chi connectivity index (χ2n) is 8.99. The van der Waals surface area contributed by atoms with Gasteiger partial charge in [-0.2, -0.15) is 0 Å². The van der Waals surface area contributed by atoms with Gasteiger partial charge in [0.25, 0.3) is 0 Å². The van der Waals surface area contributed by atoms with Crippen LogP contribution < -0.4 is 20.2 Å². The molecule has 5 aromatic rings. The fourth-order valence-electron chi connectivity index (χ4n) is 4.48. The maximum atomic E-state index is 13.1. The molecule has 0 bridgehead atoms. The van der Waals surface area contributed by atoms with Gasteiger partial charge >= 0.3 is 5.97 Å². The highest BCUT2D eigenvalue weighted by molar-refractivity contribution is 5.94. The molecule has 0 aliphatic carbocycles. The van der Waals surface area contributed by atoms with Crippen LogP contribution in [0, 0.1) is 6.92 Å². The summed E-state index contributed by atoms with van der Waals surface area (Å²) in [6.07, 6.45) is 1.82. The van der Waals surface area contributed by atoms with E-state index in [1.807, 2.05) is 44.3 Å². The number of fused-ring (bicyclic) bond motifs is 1. The Labute approximate surface area is 218 Å². The number of ether oxygens (including phenoxy) is 2. The number of aromatic carboxylic acids is 1. The van der Waals surface area contributed by atoms with Crippen molar-refractivity contribution in [1.82, 2.24) is 9.78 Å². The van der Waals surface area contributed by atoms with Gasteiger partial charge in [-0.25, -0.2) is 4.79 Å². The molecule has 0 amide bonds. The van der Waals surface area contributed by atoms with Crippen LogP contribution in [0.3, 0.4) is 0 Å². The Morgan fingerprint density at radius 2 is 1.79 bits per heavy atom. The third-order valence-corrected chi connectivity index (χ3v) is 6.41. The number of benzene rings is 3. The lowest BCUT2D eigenvalue weighted by atomic mass is 10.0. The van der Waals surface area contributed by atoms with E-state index in [4.69, 9.17) is 13.9 Å². The van der Waals surface area contributed by atoms with Crippen molar-refractivity contribution in [2.24, 2.45) is 0 Å². The second-order valence-corrected chi connectivity index (χ2v) is 8.99. The van der Waals surface area contributed by atoms with Gasteiger partial charge in [0, 0.05) is 23.4 Å². The number of carboxylic acids is 1. The molecule has 1 atom stereocenters. The van der Waals surface area contributed by atoms with E-state index < -0.39 is 5.97 Å². The molecule has 3 N–H and O–H groups in total. The van der Waals surface area contributed by atoms with Crippen LogP contribution in [0.2, 0.25) is 0 Å². The first kappa shape index (κ1) is 24.8. The van der Waals surface area contributed by atoms with E-state index >= 15 is 0 Å². The van der Waals surface area contributed by atoms with Crippen LogP contribution in [0.4, 0.5) is 5.69 Å². The lowest BCUT2D eigenvalue weighted by Gasteiger charge is -2.20. The first-order chi connectivity index (χ1) is 18.3. The van der Waals surface area contributed by atoms with Crippen LogP contribution in [0.25, 0.3) is 28.1 Å². The van der Waals surface area contributed by atoms with E-state index in [0.717, 1.165) is 16.8 Å². The van der Waals surface area contributed by atoms with E-state index in [1.54, 1.807) is 49.2 Å². The van der Waals surface area contributed by atoms with E-state index in [2.05, 4.69) is 10.4 Å². The number of methoxy groups -OCH3 is 2. The topological polar surface area (TPSA) is 119 Å². The molecule has 0 aliphatic rings. The molecule has 0 fully saturated rings. The van der Waals surface area contributed by atoms with Crippen LogP contribution in [-0.4, -0.2) is 35.1 Å². The number of para-hydroxylation sites is 1. The van der Waals surface area contributed by atoms with Gasteiger partial charge in [0.15, 0.2) is 22.7 Å². The van der Waals surface area contributed by atoms with Gasteiger partial charge in [-0.15, -0.1) is 0 Å². The Balaban J connectivity index is 1.52. The first-order valence-electron chi connectivity index (χ1n) is 12.0. The zero-order valence-electron chi connectivity index (χ0n) is 21.4. The highest BCUT2D eigenvalue weighted by Gasteiger charge is 2.19. The Hall–Kier alpha value is -4.92. The van der Waals surface area contributed by atoms with Crippen molar-refractivity contribution in [2.45, 2.75) is 19.9 Å². The predicted molar refractivity (Wildman–Crippen MR) is 145 cm³/mol. The molecule has 2 heterocycles. The van der Waals surface area contributed by atoms with E-state index in [0.29, 0.717) is 39.6 Å². The van der Waals surface area contributed by atoms with Crippen molar-refractivity contribution < 1.29 is 23.8 Å². The summed E-state index contributed by atoms with van der Waals surface area (Å²) in [5.41, 5.74) is 4.02. The fourth-order valence-corrected chi connectivity index (χ4v) is 4.48. The summed E-state index contributed by atoms with van der Waals surface area (Å²) in [4.78, 5) is 24.8. The van der Waals surface area contributed by atoms with Gasteiger partial charge < -0.3 is 24.3 Å². The number of aromatic amines is 1. The van der Waals surface area contributed by atoms with Crippen LogP contribution in [0.1, 0.15) is 34.5 Å². The van der Waals surface area contributed by atoms with Gasteiger partial charge in [-0.05, 0) is 49.7 Å². The monoisotopic (exact) mass is 513 g/mol. The summed E-state index contributed by atoms with van der Waals surface area (Å²) < 4.78 is 18.7. The van der Waals surface area contributed by atoms with Crippen molar-refractivity contribution in [3.63, 3.8) is 0 Å². The second kappa shape index (κ2) is 9.85. The molecule has 0 saturated carbocycles. The number of nitrogens with zero attached hydrogens (tertiary/aromatic N) is 1. The molecule has 5 rings (SSSR count). The minimum absolute atomic E-state index is 0.164. The smallest absolute Gasteiger partial charge is 0.337 e. The molecular weight excluding hydrogens is 486 g/mol. The maximum absolute atomic E-state index is 13.1. The average molecular weight is 514 g/mol. The number of hydrogen-bond donors (Lipinski definition) is 3. The molecule has 0 radical (unpaired) electrons. The first-order valence-corrected chi connectivity index (χ1v) is 12.0. The Bertz CT molecular complexity index is 1700. The molecule has 194 valence electrons. The predicted octanol–water partition coefficient (Wildman–Crippen LogP) is 5.78. The lowest BCUT2D eigenvalue weighted by Crippen LogP contribution is -2.13. The van der Waals surface area contributed by atoms with Gasteiger partial charge in [-0.3, -0.25) is 14.6 Å². The average Bonchev–Trinajstić information content (AvgIpc) is 2.88. The zero-order valence-corrected chi connectivity index (χ0v) is 21.4. The van der Waals surface area contributed by atoms with Crippen molar-refractivity contribution in [3.05, 3.63) is 93.8 Å². The van der Waals surface area contributed by atoms with Gasteiger partial charge in [0.2, 0.25) is 0 Å². The van der Waals surface area contributed by atoms with Crippen molar-refractivity contribution in [1.29, 1.82) is 0 Å². The minimum atomic E-state index is -1.02. The van der Waals surface area contributed by atoms with Crippen LogP contribution in [0.5, 0.6) is 11.5 Å². The number of aryl methyl sites for hydroxylation is 1. The number of hydrogen-bond acceptors (Lipinski definition) is 6. The molecule has 2 aromatic heterocycles. The summed E-state index contributed by atoms with van der Waals surface area (Å²) in [5.74, 6) is 0.586. The maximum Gasteiger partial charge on any atom is 0.337 e. The molecule has 9 nitrogen and oxygen atoms in total. The number of anilines is 1. The van der Waals surface area contributed by atoms with E-state index in [9.17, 15) is 14.7 Å². The quantitative estimate of drug-likeness (QED) is 0.241. The van der Waals surface area contributed by atoms with Crippen LogP contribution >= 0.6 is 0 Å². The Morgan fingerprint density at radius 1 is 1.05 bits per heavy atom. The summed E-state index contributed by atoms with van der Waals surface area (Å²) in [6, 6.07) is 17.1. The third kappa shape index (κ3) is 4.50. The normalized spacial score (nSPS) is 11.9. The lowest BCUT2D eigenvalue weighted by molar-refractivity contribution is 0.0698. The van der Waals surface area contributed by atoms with Gasteiger partial charge in [-0.1, -0.05) is 18.2 Å². The summed E-state index contributed by atoms with van der Waals surface area (Å²) in [5, 5.41) is 16.5. The number of carbonyl (C=O) groups is 1. The van der Waals surface area contributed by atoms with Crippen LogP contribution in [0.15, 0.2) is 76.1 Å². The summed E-state index contributed by atoms with van der Waals surface area (Å²) in [7, 11) is 3.15. The Kier molecular flexibility index (Phi) is 6.42. The molecular formula is C29H27N3O6. The summed E-state index contributed by atoms with van der Waals surface area (Å²) >= 11 is 0. The highest BCUT2D eigenvalue weighted by Crippen LogP contribution is 2.33. The standard InChI is InChI=1S/C29H27N3O6/c1-16-11-20(17(2)30-22-8-6-5-7-19(22)29(34)35)28-21(12-16)24(33)14-26(38-28)23-15-32(31-23)18-9-10-25(36-3)27(13-18)37-4/h5-15,17,30-31H,1-4H3,(H,34,35). The molecule has 0 spiro atoms. The number of carboxylic acid groups (broad SMARTS) is 1. The molecule has 1 unspecified atom stereocenters. The van der Waals surface area contributed by atoms with Gasteiger partial charge in [0.05, 0.1) is 43.1 Å². The molecule has 3 aromatic carbocycles. The van der Waals surface area contributed by atoms with Crippen molar-refractivity contribution >= 4 is 22.6 Å². The number of nitrogens with one attached hydrogen (secondary N) is 2. The zero-order chi connectivity index (χ0) is 27.0. The van der Waals surface area contributed by atoms with Gasteiger partial charge in [0.1, 0.15) is 11.3 Å². The Morgan fingerprint density at radius 3 is 2.50 bits per heavy atom. The SMILES string of the molecule is COc1ccc(-n2cc(-c3cc(=O)c4cc(C)cc(C(C)Nc5ccccc5C(=O)O)c4o3)[nH]2)cc1OC. The van der Waals surface area contributed by atoms with E-state index in [1.165, 1.54) is 6.07 Å². The number of rotatable bonds is 8. The minimum Gasteiger partial charge on any atom is -0.493 e. The largest absolute Gasteiger partial charge is 0.493 e. The van der Waals surface area contributed by atoms with Crippen LogP contribution in [-0.2, 0) is 0 Å².